The minimum atomic E-state index is 0.267. The van der Waals surface area contributed by atoms with Gasteiger partial charge in [0.1, 0.15) is 0 Å². The third-order valence-electron chi connectivity index (χ3n) is 3.69. The Morgan fingerprint density at radius 3 is 2.11 bits per heavy atom. The quantitative estimate of drug-likeness (QED) is 0.734. The highest BCUT2D eigenvalue weighted by Crippen LogP contribution is 2.07. The summed E-state index contributed by atoms with van der Waals surface area (Å²) in [7, 11) is 0. The van der Waals surface area contributed by atoms with Crippen LogP contribution in [0.2, 0.25) is 0 Å². The van der Waals surface area contributed by atoms with E-state index in [1.165, 1.54) is 45.6 Å². The van der Waals surface area contributed by atoms with Crippen molar-refractivity contribution in [3.63, 3.8) is 0 Å². The summed E-state index contributed by atoms with van der Waals surface area (Å²) >= 11 is 0. The van der Waals surface area contributed by atoms with Crippen molar-refractivity contribution >= 4 is 0 Å². The monoisotopic (exact) mass is 255 g/mol. The summed E-state index contributed by atoms with van der Waals surface area (Å²) in [5.41, 5.74) is 0.267. The first-order chi connectivity index (χ1) is 8.38. The molecular formula is C15H33N3. The van der Waals surface area contributed by atoms with Crippen LogP contribution in [0.3, 0.4) is 0 Å². The predicted octanol–water partition coefficient (Wildman–Crippen LogP) is 2.18. The smallest absolute Gasteiger partial charge is 0.0113 e. The fourth-order valence-corrected chi connectivity index (χ4v) is 2.43. The van der Waals surface area contributed by atoms with Gasteiger partial charge in [0.05, 0.1) is 0 Å². The van der Waals surface area contributed by atoms with Crippen LogP contribution in [-0.4, -0.2) is 60.6 Å². The molecule has 3 nitrogen and oxygen atoms in total. The molecule has 0 aromatic heterocycles. The zero-order valence-electron chi connectivity index (χ0n) is 13.1. The molecule has 1 saturated heterocycles. The zero-order chi connectivity index (χ0) is 13.6. The van der Waals surface area contributed by atoms with E-state index in [1.807, 2.05) is 0 Å². The van der Waals surface area contributed by atoms with Crippen LogP contribution in [0.25, 0.3) is 0 Å². The van der Waals surface area contributed by atoms with Crippen molar-refractivity contribution in [3.05, 3.63) is 0 Å². The maximum atomic E-state index is 3.55. The van der Waals surface area contributed by atoms with Gasteiger partial charge < -0.3 is 10.2 Å². The van der Waals surface area contributed by atoms with Gasteiger partial charge in [-0.2, -0.15) is 0 Å². The van der Waals surface area contributed by atoms with Gasteiger partial charge >= 0.3 is 0 Å². The molecule has 3 heteroatoms. The number of nitrogens with zero attached hydrogens (tertiary/aromatic N) is 2. The van der Waals surface area contributed by atoms with Gasteiger partial charge in [-0.3, -0.25) is 4.90 Å². The molecule has 0 aromatic rings. The molecule has 1 rings (SSSR count). The second-order valence-electron chi connectivity index (χ2n) is 6.86. The van der Waals surface area contributed by atoms with Crippen LogP contribution in [0.5, 0.6) is 0 Å². The summed E-state index contributed by atoms with van der Waals surface area (Å²) in [5, 5.41) is 3.55. The van der Waals surface area contributed by atoms with Crippen LogP contribution in [0.4, 0.5) is 0 Å². The first kappa shape index (κ1) is 15.9. The predicted molar refractivity (Wildman–Crippen MR) is 80.1 cm³/mol. The summed E-state index contributed by atoms with van der Waals surface area (Å²) in [5.74, 6) is 0. The molecule has 0 aromatic carbocycles. The van der Waals surface area contributed by atoms with E-state index < -0.39 is 0 Å². The Kier molecular flexibility index (Phi) is 6.61. The lowest BCUT2D eigenvalue weighted by atomic mass is 10.1. The second kappa shape index (κ2) is 7.46. The van der Waals surface area contributed by atoms with Crippen molar-refractivity contribution in [1.82, 2.24) is 15.1 Å². The summed E-state index contributed by atoms with van der Waals surface area (Å²) in [6.07, 6.45) is 2.62. The van der Waals surface area contributed by atoms with Crippen LogP contribution in [0.15, 0.2) is 0 Å². The molecule has 0 atom stereocenters. The van der Waals surface area contributed by atoms with Gasteiger partial charge in [-0.1, -0.05) is 0 Å². The maximum Gasteiger partial charge on any atom is 0.0113 e. The van der Waals surface area contributed by atoms with Gasteiger partial charge in [0.15, 0.2) is 0 Å². The molecule has 1 N–H and O–H groups in total. The van der Waals surface area contributed by atoms with Gasteiger partial charge in [0, 0.05) is 37.8 Å². The lowest BCUT2D eigenvalue weighted by molar-refractivity contribution is 0.107. The molecule has 1 fully saturated rings. The summed E-state index contributed by atoms with van der Waals surface area (Å²) < 4.78 is 0. The first-order valence-corrected chi connectivity index (χ1v) is 7.60. The van der Waals surface area contributed by atoms with Gasteiger partial charge in [0.2, 0.25) is 0 Å². The van der Waals surface area contributed by atoms with Crippen molar-refractivity contribution in [3.8, 4) is 0 Å². The molecular weight excluding hydrogens is 222 g/mol. The van der Waals surface area contributed by atoms with Crippen molar-refractivity contribution in [2.45, 2.75) is 59.0 Å². The summed E-state index contributed by atoms with van der Waals surface area (Å²) in [4.78, 5) is 5.20. The topological polar surface area (TPSA) is 18.5 Å². The third kappa shape index (κ3) is 6.72. The van der Waals surface area contributed by atoms with E-state index in [9.17, 15) is 0 Å². The van der Waals surface area contributed by atoms with Crippen LogP contribution in [0.1, 0.15) is 47.5 Å². The average Bonchev–Trinajstić information content (AvgIpc) is 2.27. The van der Waals surface area contributed by atoms with E-state index in [1.54, 1.807) is 0 Å². The molecule has 18 heavy (non-hydrogen) atoms. The Morgan fingerprint density at radius 2 is 1.61 bits per heavy atom. The standard InChI is InChI=1S/C15H33N3/c1-14(2)18-12-10-17(11-13-18)9-7-6-8-16-15(3,4)5/h14,16H,6-13H2,1-5H3. The van der Waals surface area contributed by atoms with Crippen molar-refractivity contribution in [1.29, 1.82) is 0 Å². The Labute approximate surface area is 114 Å². The summed E-state index contributed by atoms with van der Waals surface area (Å²) in [6, 6.07) is 0.711. The third-order valence-corrected chi connectivity index (χ3v) is 3.69. The van der Waals surface area contributed by atoms with Gasteiger partial charge in [-0.15, -0.1) is 0 Å². The molecule has 1 aliphatic rings. The first-order valence-electron chi connectivity index (χ1n) is 7.60. The minimum Gasteiger partial charge on any atom is -0.312 e. The highest BCUT2D eigenvalue weighted by molar-refractivity contribution is 4.74. The lowest BCUT2D eigenvalue weighted by Gasteiger charge is -2.37. The second-order valence-corrected chi connectivity index (χ2v) is 6.86. The molecule has 0 spiro atoms. The summed E-state index contributed by atoms with van der Waals surface area (Å²) in [6.45, 7) is 18.7. The zero-order valence-corrected chi connectivity index (χ0v) is 13.1. The van der Waals surface area contributed by atoms with E-state index >= 15 is 0 Å². The van der Waals surface area contributed by atoms with E-state index in [0.717, 1.165) is 6.54 Å². The highest BCUT2D eigenvalue weighted by Gasteiger charge is 2.18. The van der Waals surface area contributed by atoms with Crippen molar-refractivity contribution in [2.75, 3.05) is 39.3 Å². The van der Waals surface area contributed by atoms with E-state index in [-0.39, 0.29) is 5.54 Å². The Balaban J connectivity index is 2.01. The molecule has 0 saturated carbocycles. The highest BCUT2D eigenvalue weighted by atomic mass is 15.3. The molecule has 108 valence electrons. The fourth-order valence-electron chi connectivity index (χ4n) is 2.43. The van der Waals surface area contributed by atoms with E-state index in [4.69, 9.17) is 0 Å². The molecule has 1 aliphatic heterocycles. The number of unbranched alkanes of at least 4 members (excludes halogenated alkanes) is 1. The molecule has 0 radical (unpaired) electrons. The van der Waals surface area contributed by atoms with Crippen molar-refractivity contribution in [2.24, 2.45) is 0 Å². The van der Waals surface area contributed by atoms with Crippen molar-refractivity contribution < 1.29 is 0 Å². The molecule has 0 amide bonds. The molecule has 0 unspecified atom stereocenters. The molecule has 0 bridgehead atoms. The number of hydrogen-bond acceptors (Lipinski definition) is 3. The SMILES string of the molecule is CC(C)N1CCN(CCCCNC(C)(C)C)CC1. The average molecular weight is 255 g/mol. The maximum absolute atomic E-state index is 3.55. The fraction of sp³-hybridized carbons (Fsp3) is 1.00. The van der Waals surface area contributed by atoms with Crippen LogP contribution < -0.4 is 5.32 Å². The minimum absolute atomic E-state index is 0.267. The number of nitrogens with one attached hydrogen (secondary N) is 1. The molecule has 1 heterocycles. The van der Waals surface area contributed by atoms with E-state index in [2.05, 4.69) is 49.7 Å². The largest absolute Gasteiger partial charge is 0.312 e. The van der Waals surface area contributed by atoms with E-state index in [0.29, 0.717) is 6.04 Å². The number of rotatable bonds is 6. The van der Waals surface area contributed by atoms with Gasteiger partial charge in [-0.25, -0.2) is 0 Å². The number of piperazine rings is 1. The lowest BCUT2D eigenvalue weighted by Crippen LogP contribution is -2.49. The van der Waals surface area contributed by atoms with Crippen LogP contribution in [-0.2, 0) is 0 Å². The molecule has 0 aliphatic carbocycles. The Hall–Kier alpha value is -0.120. The van der Waals surface area contributed by atoms with Crippen LogP contribution in [0, 0.1) is 0 Å². The van der Waals surface area contributed by atoms with Gasteiger partial charge in [0.25, 0.3) is 0 Å². The Morgan fingerprint density at radius 1 is 1.00 bits per heavy atom. The normalized spacial score (nSPS) is 19.7. The number of hydrogen-bond donors (Lipinski definition) is 1. The van der Waals surface area contributed by atoms with Gasteiger partial charge in [-0.05, 0) is 60.5 Å². The Bertz CT molecular complexity index is 212. The van der Waals surface area contributed by atoms with Crippen LogP contribution >= 0.6 is 0 Å².